The van der Waals surface area contributed by atoms with Crippen LogP contribution in [0.5, 0.6) is 0 Å². The lowest BCUT2D eigenvalue weighted by Crippen LogP contribution is -2.06. The zero-order chi connectivity index (χ0) is 11.2. The molecule has 0 heterocycles. The van der Waals surface area contributed by atoms with Gasteiger partial charge in [-0.15, -0.1) is 0 Å². The van der Waals surface area contributed by atoms with Crippen molar-refractivity contribution in [1.82, 2.24) is 0 Å². The molecule has 1 nitrogen and oxygen atoms in total. The summed E-state index contributed by atoms with van der Waals surface area (Å²) in [7, 11) is 0. The van der Waals surface area contributed by atoms with E-state index in [1.54, 1.807) is 0 Å². The molecule has 1 aromatic rings. The summed E-state index contributed by atoms with van der Waals surface area (Å²) in [6.07, 6.45) is 0. The Kier molecular flexibility index (Phi) is 5.31. The Bertz CT molecular complexity index is 249. The molecule has 0 unspecified atom stereocenters. The number of benzene rings is 1. The van der Waals surface area contributed by atoms with Crippen molar-refractivity contribution in [3.63, 3.8) is 0 Å². The van der Waals surface area contributed by atoms with Crippen LogP contribution in [-0.2, 0) is 12.5 Å². The third-order valence-corrected chi connectivity index (χ3v) is 1.64. The van der Waals surface area contributed by atoms with E-state index in [2.05, 4.69) is 0 Å². The van der Waals surface area contributed by atoms with Crippen LogP contribution in [0.3, 0.4) is 0 Å². The van der Waals surface area contributed by atoms with Crippen LogP contribution < -0.4 is 0 Å². The van der Waals surface area contributed by atoms with Gasteiger partial charge < -0.3 is 5.11 Å². The van der Waals surface area contributed by atoms with Gasteiger partial charge in [-0.3, -0.25) is 0 Å². The second kappa shape index (κ2) is 5.70. The molecule has 0 saturated heterocycles. The number of alkyl halides is 2. The van der Waals surface area contributed by atoms with E-state index in [0.29, 0.717) is 5.56 Å². The van der Waals surface area contributed by atoms with Crippen LogP contribution in [0.1, 0.15) is 31.9 Å². The summed E-state index contributed by atoms with van der Waals surface area (Å²) in [5.41, 5.74) is 0.614. The number of aliphatic hydroxyl groups excluding tert-OH is 1. The lowest BCUT2D eigenvalue weighted by Gasteiger charge is -2.10. The molecule has 0 aliphatic heterocycles. The fourth-order valence-corrected chi connectivity index (χ4v) is 0.903. The predicted molar refractivity (Wildman–Crippen MR) is 53.3 cm³/mol. The van der Waals surface area contributed by atoms with E-state index in [4.69, 9.17) is 5.11 Å². The van der Waals surface area contributed by atoms with Crippen molar-refractivity contribution in [1.29, 1.82) is 0 Å². The fourth-order valence-electron chi connectivity index (χ4n) is 0.903. The van der Waals surface area contributed by atoms with Crippen LogP contribution in [0.2, 0.25) is 0 Å². The average molecular weight is 202 g/mol. The van der Waals surface area contributed by atoms with Gasteiger partial charge in [0, 0.05) is 12.5 Å². The highest BCUT2D eigenvalue weighted by Crippen LogP contribution is 2.26. The number of hydrogen-bond acceptors (Lipinski definition) is 1. The number of rotatable bonds is 2. The van der Waals surface area contributed by atoms with E-state index in [1.165, 1.54) is 24.3 Å². The van der Waals surface area contributed by atoms with Crippen LogP contribution in [0.4, 0.5) is 8.78 Å². The molecule has 0 amide bonds. The van der Waals surface area contributed by atoms with Gasteiger partial charge in [0.25, 0.3) is 5.92 Å². The topological polar surface area (TPSA) is 20.2 Å². The Morgan fingerprint density at radius 3 is 1.86 bits per heavy atom. The number of halogens is 2. The van der Waals surface area contributed by atoms with E-state index in [9.17, 15) is 8.78 Å². The van der Waals surface area contributed by atoms with Crippen molar-refractivity contribution in [3.05, 3.63) is 35.4 Å². The molecule has 0 saturated carbocycles. The summed E-state index contributed by atoms with van der Waals surface area (Å²) in [6.45, 7) is 4.73. The van der Waals surface area contributed by atoms with Gasteiger partial charge in [-0.25, -0.2) is 8.78 Å². The monoisotopic (exact) mass is 202 g/mol. The second-order valence-electron chi connectivity index (χ2n) is 2.74. The van der Waals surface area contributed by atoms with Gasteiger partial charge in [-0.1, -0.05) is 38.1 Å². The van der Waals surface area contributed by atoms with Crippen molar-refractivity contribution in [2.24, 2.45) is 0 Å². The largest absolute Gasteiger partial charge is 0.392 e. The van der Waals surface area contributed by atoms with Gasteiger partial charge in [0.05, 0.1) is 6.61 Å². The minimum Gasteiger partial charge on any atom is -0.392 e. The SMILES string of the molecule is CC.CC(F)(F)c1ccc(CO)cc1. The minimum absolute atomic E-state index is 0.0281. The van der Waals surface area contributed by atoms with Crippen molar-refractivity contribution < 1.29 is 13.9 Å². The maximum Gasteiger partial charge on any atom is 0.270 e. The molecule has 0 aliphatic carbocycles. The smallest absolute Gasteiger partial charge is 0.270 e. The summed E-state index contributed by atoms with van der Waals surface area (Å²) in [5.74, 6) is -2.80. The molecule has 3 heteroatoms. The molecule has 0 aliphatic rings. The van der Waals surface area contributed by atoms with E-state index in [-0.39, 0.29) is 12.2 Å². The third-order valence-electron chi connectivity index (χ3n) is 1.64. The average Bonchev–Trinajstić information content (AvgIpc) is 2.20. The molecule has 14 heavy (non-hydrogen) atoms. The zero-order valence-corrected chi connectivity index (χ0v) is 8.72. The molecule has 0 radical (unpaired) electrons. The molecule has 0 fully saturated rings. The van der Waals surface area contributed by atoms with Gasteiger partial charge in [0.15, 0.2) is 0 Å². The summed E-state index contributed by atoms with van der Waals surface area (Å²) in [6, 6.07) is 5.64. The lowest BCUT2D eigenvalue weighted by atomic mass is 10.1. The molecule has 80 valence electrons. The van der Waals surface area contributed by atoms with Gasteiger partial charge in [-0.05, 0) is 5.56 Å². The first kappa shape index (κ1) is 13.0. The van der Waals surface area contributed by atoms with E-state index < -0.39 is 5.92 Å². The van der Waals surface area contributed by atoms with E-state index >= 15 is 0 Å². The highest BCUT2D eigenvalue weighted by atomic mass is 19.3. The van der Waals surface area contributed by atoms with Crippen molar-refractivity contribution in [2.45, 2.75) is 33.3 Å². The van der Waals surface area contributed by atoms with Crippen LogP contribution in [0.25, 0.3) is 0 Å². The molecule has 0 atom stereocenters. The van der Waals surface area contributed by atoms with Gasteiger partial charge in [0.2, 0.25) is 0 Å². The first-order valence-corrected chi connectivity index (χ1v) is 4.62. The van der Waals surface area contributed by atoms with E-state index in [1.807, 2.05) is 13.8 Å². The van der Waals surface area contributed by atoms with Crippen molar-refractivity contribution in [3.8, 4) is 0 Å². The maximum atomic E-state index is 12.6. The van der Waals surface area contributed by atoms with Gasteiger partial charge >= 0.3 is 0 Å². The Morgan fingerprint density at radius 1 is 1.14 bits per heavy atom. The molecule has 1 aromatic carbocycles. The predicted octanol–water partition coefficient (Wildman–Crippen LogP) is 3.32. The maximum absolute atomic E-state index is 12.6. The molecule has 0 bridgehead atoms. The van der Waals surface area contributed by atoms with Crippen LogP contribution in [0, 0.1) is 0 Å². The second-order valence-corrected chi connectivity index (χ2v) is 2.74. The standard InChI is InChI=1S/C9H10F2O.C2H6/c1-9(10,11)8-4-2-7(6-12)3-5-8;1-2/h2-5,12H,6H2,1H3;1-2H3. The molecule has 0 spiro atoms. The first-order chi connectivity index (χ1) is 6.54. The third kappa shape index (κ3) is 3.83. The number of hydrogen-bond donors (Lipinski definition) is 1. The van der Waals surface area contributed by atoms with Crippen molar-refractivity contribution in [2.75, 3.05) is 0 Å². The summed E-state index contributed by atoms with van der Waals surface area (Å²) >= 11 is 0. The molecule has 0 aromatic heterocycles. The normalized spacial score (nSPS) is 10.4. The highest BCUT2D eigenvalue weighted by molar-refractivity contribution is 5.24. The molecular weight excluding hydrogens is 186 g/mol. The van der Waals surface area contributed by atoms with Crippen LogP contribution >= 0.6 is 0 Å². The van der Waals surface area contributed by atoms with Crippen LogP contribution in [-0.4, -0.2) is 5.11 Å². The minimum atomic E-state index is -2.80. The first-order valence-electron chi connectivity index (χ1n) is 4.62. The summed E-state index contributed by atoms with van der Waals surface area (Å²) in [4.78, 5) is 0. The fraction of sp³-hybridized carbons (Fsp3) is 0.455. The quantitative estimate of drug-likeness (QED) is 0.780. The molecule has 1 N–H and O–H groups in total. The van der Waals surface area contributed by atoms with E-state index in [0.717, 1.165) is 6.92 Å². The lowest BCUT2D eigenvalue weighted by molar-refractivity contribution is 0.0174. The van der Waals surface area contributed by atoms with Crippen LogP contribution in [0.15, 0.2) is 24.3 Å². The Morgan fingerprint density at radius 2 is 1.57 bits per heavy atom. The zero-order valence-electron chi connectivity index (χ0n) is 8.72. The Hall–Kier alpha value is -0.960. The Balaban J connectivity index is 0.000000791. The Labute approximate surface area is 83.4 Å². The summed E-state index contributed by atoms with van der Waals surface area (Å²) in [5, 5.41) is 8.64. The molecule has 1 rings (SSSR count). The van der Waals surface area contributed by atoms with Gasteiger partial charge in [-0.2, -0.15) is 0 Å². The summed E-state index contributed by atoms with van der Waals surface area (Å²) < 4.78 is 25.3. The molecular formula is C11H16F2O. The number of aliphatic hydroxyl groups is 1. The van der Waals surface area contributed by atoms with Crippen molar-refractivity contribution >= 4 is 0 Å². The van der Waals surface area contributed by atoms with Gasteiger partial charge in [0.1, 0.15) is 0 Å². The highest BCUT2D eigenvalue weighted by Gasteiger charge is 2.23.